The van der Waals surface area contributed by atoms with Gasteiger partial charge in [-0.15, -0.1) is 0 Å². The standard InChI is InChI=1S/C12H26N2O2/c1-4-12(3,7-9-15)14-11(16)10(2)6-5-8-13/h10,15H,4-9,13H2,1-3H3,(H,14,16). The number of hydrogen-bond acceptors (Lipinski definition) is 3. The SMILES string of the molecule is CCC(C)(CCO)NC(=O)C(C)CCCN. The Kier molecular flexibility index (Phi) is 7.34. The summed E-state index contributed by atoms with van der Waals surface area (Å²) in [6.45, 7) is 6.62. The largest absolute Gasteiger partial charge is 0.396 e. The van der Waals surface area contributed by atoms with Crippen LogP contribution < -0.4 is 11.1 Å². The maximum absolute atomic E-state index is 11.9. The number of nitrogens with two attached hydrogens (primary N) is 1. The van der Waals surface area contributed by atoms with Crippen LogP contribution in [0.15, 0.2) is 0 Å². The van der Waals surface area contributed by atoms with Crippen LogP contribution in [0.5, 0.6) is 0 Å². The van der Waals surface area contributed by atoms with Gasteiger partial charge in [-0.05, 0) is 39.2 Å². The summed E-state index contributed by atoms with van der Waals surface area (Å²) in [5, 5.41) is 12.0. The number of aliphatic hydroxyl groups is 1. The number of hydrogen-bond donors (Lipinski definition) is 3. The van der Waals surface area contributed by atoms with E-state index in [0.29, 0.717) is 13.0 Å². The summed E-state index contributed by atoms with van der Waals surface area (Å²) < 4.78 is 0. The Balaban J connectivity index is 4.18. The van der Waals surface area contributed by atoms with Crippen LogP contribution >= 0.6 is 0 Å². The highest BCUT2D eigenvalue weighted by Gasteiger charge is 2.25. The van der Waals surface area contributed by atoms with E-state index in [4.69, 9.17) is 10.8 Å². The zero-order chi connectivity index (χ0) is 12.6. The lowest BCUT2D eigenvalue weighted by molar-refractivity contribution is -0.126. The topological polar surface area (TPSA) is 75.3 Å². The smallest absolute Gasteiger partial charge is 0.223 e. The van der Waals surface area contributed by atoms with E-state index in [9.17, 15) is 4.79 Å². The molecule has 2 unspecified atom stereocenters. The number of amides is 1. The van der Waals surface area contributed by atoms with Crippen LogP contribution in [0.25, 0.3) is 0 Å². The average Bonchev–Trinajstić information content (AvgIpc) is 2.26. The molecule has 0 saturated carbocycles. The van der Waals surface area contributed by atoms with E-state index in [1.165, 1.54) is 0 Å². The van der Waals surface area contributed by atoms with E-state index >= 15 is 0 Å². The Morgan fingerprint density at radius 3 is 2.62 bits per heavy atom. The van der Waals surface area contributed by atoms with E-state index < -0.39 is 0 Å². The van der Waals surface area contributed by atoms with Gasteiger partial charge in [-0.3, -0.25) is 4.79 Å². The summed E-state index contributed by atoms with van der Waals surface area (Å²) in [5.41, 5.74) is 5.12. The summed E-state index contributed by atoms with van der Waals surface area (Å²) >= 11 is 0. The molecule has 0 aromatic heterocycles. The maximum atomic E-state index is 11.9. The van der Waals surface area contributed by atoms with Gasteiger partial charge in [-0.2, -0.15) is 0 Å². The number of rotatable bonds is 8. The van der Waals surface area contributed by atoms with Crippen LogP contribution in [-0.2, 0) is 4.79 Å². The van der Waals surface area contributed by atoms with Gasteiger partial charge in [-0.25, -0.2) is 0 Å². The van der Waals surface area contributed by atoms with Gasteiger partial charge >= 0.3 is 0 Å². The molecule has 1 amide bonds. The molecule has 96 valence electrons. The third kappa shape index (κ3) is 5.47. The van der Waals surface area contributed by atoms with Gasteiger partial charge in [0.1, 0.15) is 0 Å². The normalized spacial score (nSPS) is 16.6. The van der Waals surface area contributed by atoms with Crippen LogP contribution in [0.2, 0.25) is 0 Å². The fourth-order valence-electron chi connectivity index (χ4n) is 1.55. The van der Waals surface area contributed by atoms with Gasteiger partial charge < -0.3 is 16.2 Å². The van der Waals surface area contributed by atoms with Crippen molar-refractivity contribution in [2.75, 3.05) is 13.2 Å². The Bertz CT molecular complexity index is 209. The molecule has 4 nitrogen and oxygen atoms in total. The third-order valence-electron chi connectivity index (χ3n) is 3.16. The van der Waals surface area contributed by atoms with E-state index in [1.54, 1.807) is 0 Å². The molecule has 0 fully saturated rings. The van der Waals surface area contributed by atoms with Gasteiger partial charge in [0, 0.05) is 18.1 Å². The first-order chi connectivity index (χ1) is 7.49. The van der Waals surface area contributed by atoms with Crippen molar-refractivity contribution in [3.8, 4) is 0 Å². The molecule has 0 bridgehead atoms. The number of carbonyl (C=O) groups excluding carboxylic acids is 1. The molecule has 0 aliphatic carbocycles. The van der Waals surface area contributed by atoms with Gasteiger partial charge in [-0.1, -0.05) is 13.8 Å². The molecule has 0 aromatic carbocycles. The van der Waals surface area contributed by atoms with Crippen molar-refractivity contribution in [3.63, 3.8) is 0 Å². The fourth-order valence-corrected chi connectivity index (χ4v) is 1.55. The lowest BCUT2D eigenvalue weighted by Gasteiger charge is -2.30. The molecular weight excluding hydrogens is 204 g/mol. The van der Waals surface area contributed by atoms with Crippen LogP contribution in [0.1, 0.15) is 46.5 Å². The van der Waals surface area contributed by atoms with E-state index in [2.05, 4.69) is 5.32 Å². The lowest BCUT2D eigenvalue weighted by Crippen LogP contribution is -2.48. The molecule has 0 aromatic rings. The molecule has 0 heterocycles. The number of nitrogens with one attached hydrogen (secondary N) is 1. The number of aliphatic hydroxyl groups excluding tert-OH is 1. The van der Waals surface area contributed by atoms with E-state index in [0.717, 1.165) is 19.3 Å². The first kappa shape index (κ1) is 15.4. The molecule has 0 radical (unpaired) electrons. The monoisotopic (exact) mass is 230 g/mol. The molecule has 0 rings (SSSR count). The van der Waals surface area contributed by atoms with Gasteiger partial charge in [0.25, 0.3) is 0 Å². The van der Waals surface area contributed by atoms with Crippen LogP contribution in [0.3, 0.4) is 0 Å². The quantitative estimate of drug-likeness (QED) is 0.583. The van der Waals surface area contributed by atoms with Crippen molar-refractivity contribution in [1.29, 1.82) is 0 Å². The summed E-state index contributed by atoms with van der Waals surface area (Å²) in [6.07, 6.45) is 3.11. The summed E-state index contributed by atoms with van der Waals surface area (Å²) in [7, 11) is 0. The maximum Gasteiger partial charge on any atom is 0.223 e. The second-order valence-electron chi connectivity index (χ2n) is 4.71. The summed E-state index contributed by atoms with van der Waals surface area (Å²) in [4.78, 5) is 11.9. The second-order valence-corrected chi connectivity index (χ2v) is 4.71. The molecule has 0 aliphatic heterocycles. The van der Waals surface area contributed by atoms with Crippen molar-refractivity contribution >= 4 is 5.91 Å². The molecule has 2 atom stereocenters. The number of carbonyl (C=O) groups is 1. The minimum absolute atomic E-state index is 0.00637. The van der Waals surface area contributed by atoms with Crippen molar-refractivity contribution in [2.45, 2.75) is 52.0 Å². The first-order valence-corrected chi connectivity index (χ1v) is 6.12. The molecule has 0 aliphatic rings. The zero-order valence-electron chi connectivity index (χ0n) is 10.8. The minimum Gasteiger partial charge on any atom is -0.396 e. The first-order valence-electron chi connectivity index (χ1n) is 6.12. The van der Waals surface area contributed by atoms with E-state index in [-0.39, 0.29) is 24.0 Å². The molecular formula is C12H26N2O2. The average molecular weight is 230 g/mol. The summed E-state index contributed by atoms with van der Waals surface area (Å²) in [5.74, 6) is 0.0550. The van der Waals surface area contributed by atoms with Crippen LogP contribution in [0, 0.1) is 5.92 Å². The summed E-state index contributed by atoms with van der Waals surface area (Å²) in [6, 6.07) is 0. The Morgan fingerprint density at radius 2 is 2.19 bits per heavy atom. The van der Waals surface area contributed by atoms with Crippen LogP contribution in [-0.4, -0.2) is 29.7 Å². The highest BCUT2D eigenvalue weighted by Crippen LogP contribution is 2.16. The third-order valence-corrected chi connectivity index (χ3v) is 3.16. The predicted octanol–water partition coefficient (Wildman–Crippen LogP) is 1.03. The van der Waals surface area contributed by atoms with Gasteiger partial charge in [0.05, 0.1) is 0 Å². The molecule has 0 saturated heterocycles. The second kappa shape index (κ2) is 7.63. The predicted molar refractivity (Wildman–Crippen MR) is 66.0 cm³/mol. The molecule has 4 N–H and O–H groups in total. The lowest BCUT2D eigenvalue weighted by atomic mass is 9.93. The van der Waals surface area contributed by atoms with Crippen molar-refractivity contribution in [3.05, 3.63) is 0 Å². The van der Waals surface area contributed by atoms with Gasteiger partial charge in [0.2, 0.25) is 5.91 Å². The molecule has 16 heavy (non-hydrogen) atoms. The van der Waals surface area contributed by atoms with Crippen molar-refractivity contribution < 1.29 is 9.90 Å². The van der Waals surface area contributed by atoms with Crippen molar-refractivity contribution in [2.24, 2.45) is 11.7 Å². The highest BCUT2D eigenvalue weighted by atomic mass is 16.3. The van der Waals surface area contributed by atoms with Crippen LogP contribution in [0.4, 0.5) is 0 Å². The molecule has 4 heteroatoms. The zero-order valence-corrected chi connectivity index (χ0v) is 10.8. The van der Waals surface area contributed by atoms with Crippen molar-refractivity contribution in [1.82, 2.24) is 5.32 Å². The highest BCUT2D eigenvalue weighted by molar-refractivity contribution is 5.79. The Hall–Kier alpha value is -0.610. The van der Waals surface area contributed by atoms with E-state index in [1.807, 2.05) is 20.8 Å². The fraction of sp³-hybridized carbons (Fsp3) is 0.917. The Morgan fingerprint density at radius 1 is 1.56 bits per heavy atom. The Labute approximate surface area is 98.6 Å². The van der Waals surface area contributed by atoms with Gasteiger partial charge in [0.15, 0.2) is 0 Å². The minimum atomic E-state index is -0.289. The molecule has 0 spiro atoms.